The Balaban J connectivity index is 2.53. The second-order valence-corrected chi connectivity index (χ2v) is 3.81. The lowest BCUT2D eigenvalue weighted by Crippen LogP contribution is -2.04. The van der Waals surface area contributed by atoms with E-state index in [1.54, 1.807) is 13.1 Å². The molecule has 0 bridgehead atoms. The summed E-state index contributed by atoms with van der Waals surface area (Å²) in [7, 11) is 0. The smallest absolute Gasteiger partial charge is 0.350 e. The van der Waals surface area contributed by atoms with E-state index in [-0.39, 0.29) is 0 Å². The molecule has 0 aliphatic rings. The van der Waals surface area contributed by atoms with E-state index in [0.29, 0.717) is 27.4 Å². The van der Waals surface area contributed by atoms with E-state index in [2.05, 4.69) is 9.97 Å². The SMILES string of the molecule is CCOC(=O)c1sc2ncncc2c1N. The number of fused-ring (bicyclic) bond motifs is 1. The fraction of sp³-hybridized carbons (Fsp3) is 0.222. The highest BCUT2D eigenvalue weighted by molar-refractivity contribution is 7.21. The first-order valence-electron chi connectivity index (χ1n) is 4.39. The van der Waals surface area contributed by atoms with Gasteiger partial charge in [0, 0.05) is 6.20 Å². The van der Waals surface area contributed by atoms with E-state index in [4.69, 9.17) is 10.5 Å². The topological polar surface area (TPSA) is 78.1 Å². The van der Waals surface area contributed by atoms with Gasteiger partial charge >= 0.3 is 5.97 Å². The van der Waals surface area contributed by atoms with Crippen molar-refractivity contribution in [3.8, 4) is 0 Å². The van der Waals surface area contributed by atoms with E-state index in [1.807, 2.05) is 0 Å². The van der Waals surface area contributed by atoms with Crippen molar-refractivity contribution < 1.29 is 9.53 Å². The number of anilines is 1. The first-order valence-corrected chi connectivity index (χ1v) is 5.20. The molecule has 0 radical (unpaired) electrons. The van der Waals surface area contributed by atoms with Crippen molar-refractivity contribution in [2.45, 2.75) is 6.92 Å². The second kappa shape index (κ2) is 3.82. The number of carbonyl (C=O) groups is 1. The van der Waals surface area contributed by atoms with Crippen LogP contribution in [0.1, 0.15) is 16.6 Å². The minimum Gasteiger partial charge on any atom is -0.462 e. The Morgan fingerprint density at radius 3 is 3.13 bits per heavy atom. The third-order valence-electron chi connectivity index (χ3n) is 1.87. The molecular weight excluding hydrogens is 214 g/mol. The van der Waals surface area contributed by atoms with Gasteiger partial charge in [-0.1, -0.05) is 0 Å². The molecule has 0 saturated heterocycles. The first kappa shape index (κ1) is 9.85. The number of ether oxygens (including phenoxy) is 1. The van der Waals surface area contributed by atoms with Crippen molar-refractivity contribution in [1.29, 1.82) is 0 Å². The maximum Gasteiger partial charge on any atom is 0.350 e. The normalized spacial score (nSPS) is 10.5. The molecular formula is C9H9N3O2S. The highest BCUT2D eigenvalue weighted by atomic mass is 32.1. The molecule has 2 N–H and O–H groups in total. The summed E-state index contributed by atoms with van der Waals surface area (Å²) in [6, 6.07) is 0. The average Bonchev–Trinajstić information content (AvgIpc) is 2.57. The fourth-order valence-electron chi connectivity index (χ4n) is 1.21. The Morgan fingerprint density at radius 2 is 2.47 bits per heavy atom. The lowest BCUT2D eigenvalue weighted by molar-refractivity contribution is 0.0533. The van der Waals surface area contributed by atoms with Crippen molar-refractivity contribution in [1.82, 2.24) is 9.97 Å². The Hall–Kier alpha value is -1.69. The summed E-state index contributed by atoms with van der Waals surface area (Å²) >= 11 is 1.22. The predicted octanol–water partition coefficient (Wildman–Crippen LogP) is 1.45. The van der Waals surface area contributed by atoms with E-state index >= 15 is 0 Å². The van der Waals surface area contributed by atoms with Gasteiger partial charge < -0.3 is 10.5 Å². The van der Waals surface area contributed by atoms with Crippen LogP contribution >= 0.6 is 11.3 Å². The summed E-state index contributed by atoms with van der Waals surface area (Å²) in [6.45, 7) is 2.08. The van der Waals surface area contributed by atoms with Crippen molar-refractivity contribution in [2.75, 3.05) is 12.3 Å². The van der Waals surface area contributed by atoms with Crippen LogP contribution in [-0.4, -0.2) is 22.5 Å². The second-order valence-electron chi connectivity index (χ2n) is 2.81. The zero-order chi connectivity index (χ0) is 10.8. The molecule has 2 rings (SSSR count). The molecule has 2 aromatic heterocycles. The Kier molecular flexibility index (Phi) is 2.51. The van der Waals surface area contributed by atoms with Crippen LogP contribution in [0.3, 0.4) is 0 Å². The summed E-state index contributed by atoms with van der Waals surface area (Å²) in [6.07, 6.45) is 3.02. The molecule has 0 spiro atoms. The minimum absolute atomic E-state index is 0.332. The zero-order valence-corrected chi connectivity index (χ0v) is 8.87. The molecule has 0 amide bonds. The number of hydrogen-bond acceptors (Lipinski definition) is 6. The van der Waals surface area contributed by atoms with Crippen LogP contribution in [0.5, 0.6) is 0 Å². The maximum atomic E-state index is 11.5. The number of aromatic nitrogens is 2. The van der Waals surface area contributed by atoms with Gasteiger partial charge in [0.05, 0.1) is 17.7 Å². The highest BCUT2D eigenvalue weighted by Crippen LogP contribution is 2.31. The standard InChI is InChI=1S/C9H9N3O2S/c1-2-14-9(13)7-6(10)5-3-11-4-12-8(5)15-7/h3-4H,2,10H2,1H3. The number of nitrogen functional groups attached to an aromatic ring is 1. The van der Waals surface area contributed by atoms with Crippen LogP contribution in [0.2, 0.25) is 0 Å². The molecule has 6 heteroatoms. The fourth-order valence-corrected chi connectivity index (χ4v) is 2.13. The molecule has 2 heterocycles. The largest absolute Gasteiger partial charge is 0.462 e. The van der Waals surface area contributed by atoms with Crippen molar-refractivity contribution in [3.63, 3.8) is 0 Å². The van der Waals surface area contributed by atoms with Gasteiger partial charge in [-0.2, -0.15) is 0 Å². The minimum atomic E-state index is -0.405. The molecule has 15 heavy (non-hydrogen) atoms. The van der Waals surface area contributed by atoms with Gasteiger partial charge in [0.1, 0.15) is 16.0 Å². The number of nitrogens with two attached hydrogens (primary N) is 1. The van der Waals surface area contributed by atoms with Gasteiger partial charge in [0.2, 0.25) is 0 Å². The molecule has 0 aliphatic heterocycles. The molecule has 0 unspecified atom stereocenters. The highest BCUT2D eigenvalue weighted by Gasteiger charge is 2.17. The van der Waals surface area contributed by atoms with Crippen LogP contribution in [-0.2, 0) is 4.74 Å². The summed E-state index contributed by atoms with van der Waals surface area (Å²) in [5, 5.41) is 0.700. The number of rotatable bonds is 2. The number of hydrogen-bond donors (Lipinski definition) is 1. The third-order valence-corrected chi connectivity index (χ3v) is 2.98. The zero-order valence-electron chi connectivity index (χ0n) is 8.06. The lowest BCUT2D eigenvalue weighted by atomic mass is 10.3. The Labute approximate surface area is 89.9 Å². The van der Waals surface area contributed by atoms with Crippen LogP contribution in [0, 0.1) is 0 Å². The van der Waals surface area contributed by atoms with Crippen LogP contribution in [0.25, 0.3) is 10.2 Å². The number of nitrogens with zero attached hydrogens (tertiary/aromatic N) is 2. The first-order chi connectivity index (χ1) is 7.24. The molecule has 0 aromatic carbocycles. The maximum absolute atomic E-state index is 11.5. The van der Waals surface area contributed by atoms with E-state index < -0.39 is 5.97 Å². The predicted molar refractivity (Wildman–Crippen MR) is 57.8 cm³/mol. The molecule has 0 saturated carbocycles. The monoisotopic (exact) mass is 223 g/mol. The lowest BCUT2D eigenvalue weighted by Gasteiger charge is -1.98. The Bertz CT molecular complexity index is 509. The molecule has 0 fully saturated rings. The van der Waals surface area contributed by atoms with E-state index in [0.717, 1.165) is 0 Å². The number of thiophene rings is 1. The molecule has 2 aromatic rings. The van der Waals surface area contributed by atoms with Gasteiger partial charge in [-0.3, -0.25) is 0 Å². The van der Waals surface area contributed by atoms with Crippen LogP contribution in [0.15, 0.2) is 12.5 Å². The van der Waals surface area contributed by atoms with Crippen LogP contribution < -0.4 is 5.73 Å². The van der Waals surface area contributed by atoms with E-state index in [1.165, 1.54) is 17.7 Å². The van der Waals surface area contributed by atoms with Crippen molar-refractivity contribution in [3.05, 3.63) is 17.4 Å². The van der Waals surface area contributed by atoms with Gasteiger partial charge in [0.25, 0.3) is 0 Å². The molecule has 78 valence electrons. The summed E-state index contributed by atoms with van der Waals surface area (Å²) in [5.41, 5.74) is 6.20. The summed E-state index contributed by atoms with van der Waals surface area (Å²) in [4.78, 5) is 20.5. The summed E-state index contributed by atoms with van der Waals surface area (Å²) < 4.78 is 4.88. The van der Waals surface area contributed by atoms with E-state index in [9.17, 15) is 4.79 Å². The third kappa shape index (κ3) is 1.63. The van der Waals surface area contributed by atoms with Gasteiger partial charge in [-0.05, 0) is 6.92 Å². The van der Waals surface area contributed by atoms with Crippen molar-refractivity contribution in [2.24, 2.45) is 0 Å². The molecule has 5 nitrogen and oxygen atoms in total. The number of carbonyl (C=O) groups excluding carboxylic acids is 1. The van der Waals surface area contributed by atoms with Crippen molar-refractivity contribution >= 4 is 33.2 Å². The average molecular weight is 223 g/mol. The van der Waals surface area contributed by atoms with Gasteiger partial charge in [-0.15, -0.1) is 11.3 Å². The molecule has 0 aliphatic carbocycles. The molecule has 0 atom stereocenters. The van der Waals surface area contributed by atoms with Gasteiger partial charge in [0.15, 0.2) is 0 Å². The van der Waals surface area contributed by atoms with Crippen LogP contribution in [0.4, 0.5) is 5.69 Å². The van der Waals surface area contributed by atoms with Gasteiger partial charge in [-0.25, -0.2) is 14.8 Å². The number of esters is 1. The quantitative estimate of drug-likeness (QED) is 0.779. The Morgan fingerprint density at radius 1 is 1.67 bits per heavy atom. The summed E-state index contributed by atoms with van der Waals surface area (Å²) in [5.74, 6) is -0.405.